The fraction of sp³-hybridized carbons (Fsp3) is 0.818. The Morgan fingerprint density at radius 3 is 2.47 bits per heavy atom. The first-order valence-corrected chi connectivity index (χ1v) is 5.53. The Bertz CT molecular complexity index is 314. The van der Waals surface area contributed by atoms with E-state index in [2.05, 4.69) is 23.9 Å². The van der Waals surface area contributed by atoms with E-state index in [1.807, 2.05) is 18.5 Å². The van der Waals surface area contributed by atoms with Crippen LogP contribution >= 0.6 is 0 Å². The predicted molar refractivity (Wildman–Crippen MR) is 61.6 cm³/mol. The zero-order valence-corrected chi connectivity index (χ0v) is 10.2. The number of nitrogens with zero attached hydrogens (tertiary/aromatic N) is 3. The predicted octanol–water partition coefficient (Wildman–Crippen LogP) is 1.66. The summed E-state index contributed by atoms with van der Waals surface area (Å²) < 4.78 is 1.97. The lowest BCUT2D eigenvalue weighted by molar-refractivity contribution is 0.323. The van der Waals surface area contributed by atoms with Crippen LogP contribution < -0.4 is 5.73 Å². The molecule has 86 valence electrons. The molecular formula is C11H22N4. The Labute approximate surface area is 91.9 Å². The summed E-state index contributed by atoms with van der Waals surface area (Å²) in [5.74, 6) is 1.85. The molecule has 1 aromatic heterocycles. The van der Waals surface area contributed by atoms with Crippen molar-refractivity contribution >= 4 is 0 Å². The summed E-state index contributed by atoms with van der Waals surface area (Å²) in [6.07, 6.45) is 2.23. The van der Waals surface area contributed by atoms with E-state index in [9.17, 15) is 0 Å². The average molecular weight is 210 g/mol. The van der Waals surface area contributed by atoms with Gasteiger partial charge in [-0.2, -0.15) is 5.10 Å². The molecule has 0 amide bonds. The molecule has 1 heterocycles. The highest BCUT2D eigenvalue weighted by Gasteiger charge is 2.15. The molecule has 0 aliphatic carbocycles. The van der Waals surface area contributed by atoms with Crippen LogP contribution in [0, 0.1) is 19.3 Å². The summed E-state index contributed by atoms with van der Waals surface area (Å²) in [7, 11) is 0. The topological polar surface area (TPSA) is 56.7 Å². The van der Waals surface area contributed by atoms with Crippen LogP contribution in [-0.2, 0) is 6.54 Å². The van der Waals surface area contributed by atoms with E-state index < -0.39 is 0 Å². The van der Waals surface area contributed by atoms with Gasteiger partial charge in [-0.15, -0.1) is 0 Å². The van der Waals surface area contributed by atoms with Crippen molar-refractivity contribution in [1.82, 2.24) is 14.8 Å². The maximum absolute atomic E-state index is 5.68. The first kappa shape index (κ1) is 12.2. The third kappa shape index (κ3) is 3.63. The van der Waals surface area contributed by atoms with E-state index in [0.717, 1.165) is 37.6 Å². The lowest BCUT2D eigenvalue weighted by Crippen LogP contribution is -2.23. The minimum absolute atomic E-state index is 0.240. The smallest absolute Gasteiger partial charge is 0.147 e. The van der Waals surface area contributed by atoms with Crippen molar-refractivity contribution < 1.29 is 0 Å². The quantitative estimate of drug-likeness (QED) is 0.804. The van der Waals surface area contributed by atoms with Gasteiger partial charge in [0.25, 0.3) is 0 Å². The number of rotatable bonds is 5. The number of hydrogen-bond acceptors (Lipinski definition) is 3. The van der Waals surface area contributed by atoms with Gasteiger partial charge in [-0.3, -0.25) is 4.68 Å². The number of hydrogen-bond donors (Lipinski definition) is 1. The number of aryl methyl sites for hydroxylation is 3. The van der Waals surface area contributed by atoms with Crippen molar-refractivity contribution in [1.29, 1.82) is 0 Å². The molecule has 0 aliphatic rings. The Kier molecular flexibility index (Phi) is 3.85. The van der Waals surface area contributed by atoms with Crippen molar-refractivity contribution in [3.05, 3.63) is 11.6 Å². The third-order valence-corrected chi connectivity index (χ3v) is 2.74. The molecule has 0 radical (unpaired) electrons. The standard InChI is InChI=1S/C11H22N4/c1-9-13-10(2)15(14-9)7-5-6-11(3,4)8-12/h5-8,12H2,1-4H3. The monoisotopic (exact) mass is 210 g/mol. The SMILES string of the molecule is Cc1nc(C)n(CCCC(C)(C)CN)n1. The van der Waals surface area contributed by atoms with Gasteiger partial charge in [0.15, 0.2) is 0 Å². The lowest BCUT2D eigenvalue weighted by atomic mass is 9.88. The summed E-state index contributed by atoms with van der Waals surface area (Å²) in [6, 6.07) is 0. The largest absolute Gasteiger partial charge is 0.330 e. The molecule has 1 rings (SSSR count). The summed E-state index contributed by atoms with van der Waals surface area (Å²) in [6.45, 7) is 10.00. The van der Waals surface area contributed by atoms with Gasteiger partial charge in [-0.05, 0) is 38.6 Å². The van der Waals surface area contributed by atoms with Crippen molar-refractivity contribution in [3.8, 4) is 0 Å². The van der Waals surface area contributed by atoms with Crippen LogP contribution in [0.2, 0.25) is 0 Å². The van der Waals surface area contributed by atoms with Crippen molar-refractivity contribution in [2.45, 2.75) is 47.1 Å². The highest BCUT2D eigenvalue weighted by molar-refractivity contribution is 4.87. The van der Waals surface area contributed by atoms with E-state index in [0.29, 0.717) is 0 Å². The molecule has 0 aliphatic heterocycles. The fourth-order valence-corrected chi connectivity index (χ4v) is 1.58. The molecule has 0 fully saturated rings. The molecule has 0 spiro atoms. The van der Waals surface area contributed by atoms with Gasteiger partial charge in [0.2, 0.25) is 0 Å². The molecule has 0 unspecified atom stereocenters. The molecule has 0 saturated heterocycles. The molecule has 4 heteroatoms. The van der Waals surface area contributed by atoms with Gasteiger partial charge in [0, 0.05) is 6.54 Å². The molecule has 0 bridgehead atoms. The van der Waals surface area contributed by atoms with Crippen LogP contribution in [0.25, 0.3) is 0 Å². The second-order valence-corrected chi connectivity index (χ2v) is 4.90. The van der Waals surface area contributed by atoms with Gasteiger partial charge in [0.05, 0.1) is 0 Å². The van der Waals surface area contributed by atoms with Crippen LogP contribution in [0.5, 0.6) is 0 Å². The Morgan fingerprint density at radius 1 is 1.33 bits per heavy atom. The molecule has 2 N–H and O–H groups in total. The minimum Gasteiger partial charge on any atom is -0.330 e. The van der Waals surface area contributed by atoms with Gasteiger partial charge in [0.1, 0.15) is 11.6 Å². The normalized spacial score (nSPS) is 12.1. The summed E-state index contributed by atoms with van der Waals surface area (Å²) in [4.78, 5) is 4.27. The zero-order valence-electron chi connectivity index (χ0n) is 10.2. The fourth-order valence-electron chi connectivity index (χ4n) is 1.58. The van der Waals surface area contributed by atoms with Gasteiger partial charge in [-0.1, -0.05) is 13.8 Å². The van der Waals surface area contributed by atoms with Gasteiger partial charge < -0.3 is 5.73 Å². The lowest BCUT2D eigenvalue weighted by Gasteiger charge is -2.21. The second-order valence-electron chi connectivity index (χ2n) is 4.90. The molecule has 0 atom stereocenters. The van der Waals surface area contributed by atoms with Crippen molar-refractivity contribution in [3.63, 3.8) is 0 Å². The maximum atomic E-state index is 5.68. The number of nitrogens with two attached hydrogens (primary N) is 1. The Hall–Kier alpha value is -0.900. The van der Waals surface area contributed by atoms with Crippen molar-refractivity contribution in [2.75, 3.05) is 6.54 Å². The van der Waals surface area contributed by atoms with E-state index >= 15 is 0 Å². The molecule has 0 aromatic carbocycles. The van der Waals surface area contributed by atoms with E-state index in [-0.39, 0.29) is 5.41 Å². The Morgan fingerprint density at radius 2 is 2.00 bits per heavy atom. The second kappa shape index (κ2) is 4.75. The van der Waals surface area contributed by atoms with E-state index in [1.54, 1.807) is 0 Å². The average Bonchev–Trinajstić information content (AvgIpc) is 2.45. The zero-order chi connectivity index (χ0) is 11.5. The molecular weight excluding hydrogens is 188 g/mol. The van der Waals surface area contributed by atoms with Crippen LogP contribution in [0.4, 0.5) is 0 Å². The van der Waals surface area contributed by atoms with Crippen molar-refractivity contribution in [2.24, 2.45) is 11.1 Å². The highest BCUT2D eigenvalue weighted by atomic mass is 15.3. The first-order valence-electron chi connectivity index (χ1n) is 5.53. The summed E-state index contributed by atoms with van der Waals surface area (Å²) >= 11 is 0. The van der Waals surface area contributed by atoms with E-state index in [4.69, 9.17) is 5.73 Å². The van der Waals surface area contributed by atoms with Crippen LogP contribution in [0.15, 0.2) is 0 Å². The maximum Gasteiger partial charge on any atom is 0.147 e. The molecule has 4 nitrogen and oxygen atoms in total. The summed E-state index contributed by atoms with van der Waals surface area (Å²) in [5.41, 5.74) is 5.92. The molecule has 15 heavy (non-hydrogen) atoms. The van der Waals surface area contributed by atoms with Crippen LogP contribution in [0.1, 0.15) is 38.3 Å². The summed E-state index contributed by atoms with van der Waals surface area (Å²) in [5, 5.41) is 4.33. The van der Waals surface area contributed by atoms with Gasteiger partial charge >= 0.3 is 0 Å². The van der Waals surface area contributed by atoms with E-state index in [1.165, 1.54) is 0 Å². The first-order chi connectivity index (χ1) is 6.94. The molecule has 0 saturated carbocycles. The number of aromatic nitrogens is 3. The molecule has 1 aromatic rings. The van der Waals surface area contributed by atoms with Crippen LogP contribution in [0.3, 0.4) is 0 Å². The van der Waals surface area contributed by atoms with Gasteiger partial charge in [-0.25, -0.2) is 4.98 Å². The van der Waals surface area contributed by atoms with Crippen LogP contribution in [-0.4, -0.2) is 21.3 Å². The Balaban J connectivity index is 2.41. The third-order valence-electron chi connectivity index (χ3n) is 2.74. The minimum atomic E-state index is 0.240. The highest BCUT2D eigenvalue weighted by Crippen LogP contribution is 2.20.